The molecule has 1 amide bonds. The van der Waals surface area contributed by atoms with Gasteiger partial charge in [0.15, 0.2) is 0 Å². The number of rotatable bonds is 4. The van der Waals surface area contributed by atoms with Gasteiger partial charge in [-0.1, -0.05) is 0 Å². The molecule has 2 rings (SSSR count). The summed E-state index contributed by atoms with van der Waals surface area (Å²) in [6.07, 6.45) is 7.85. The number of nitrogens with one attached hydrogen (secondary N) is 1. The Balaban J connectivity index is 2.06. The highest BCUT2D eigenvalue weighted by molar-refractivity contribution is 5.94. The second kappa shape index (κ2) is 6.50. The first-order chi connectivity index (χ1) is 8.83. The van der Waals surface area contributed by atoms with Gasteiger partial charge in [0.05, 0.1) is 5.56 Å². The monoisotopic (exact) mass is 247 g/mol. The van der Waals surface area contributed by atoms with Crippen LogP contribution < -0.4 is 5.32 Å². The minimum atomic E-state index is 0.129. The summed E-state index contributed by atoms with van der Waals surface area (Å²) >= 11 is 0. The van der Waals surface area contributed by atoms with E-state index in [9.17, 15) is 4.79 Å². The topological polar surface area (TPSA) is 45.2 Å². The van der Waals surface area contributed by atoms with Crippen molar-refractivity contribution in [3.05, 3.63) is 30.1 Å². The Labute approximate surface area is 108 Å². The van der Waals surface area contributed by atoms with Gasteiger partial charge in [0, 0.05) is 25.0 Å². The van der Waals surface area contributed by atoms with Gasteiger partial charge in [0.1, 0.15) is 0 Å². The normalized spacial score (nSPS) is 19.8. The quantitative estimate of drug-likeness (QED) is 0.880. The number of amides is 1. The van der Waals surface area contributed by atoms with Gasteiger partial charge in [0.2, 0.25) is 0 Å². The van der Waals surface area contributed by atoms with Crippen LogP contribution in [0.25, 0.3) is 0 Å². The fraction of sp³-hybridized carbons (Fsp3) is 0.571. The first-order valence-corrected chi connectivity index (χ1v) is 6.68. The molecule has 18 heavy (non-hydrogen) atoms. The van der Waals surface area contributed by atoms with E-state index in [2.05, 4.69) is 10.3 Å². The van der Waals surface area contributed by atoms with Gasteiger partial charge < -0.3 is 10.2 Å². The van der Waals surface area contributed by atoms with Crippen molar-refractivity contribution in [1.82, 2.24) is 15.2 Å². The van der Waals surface area contributed by atoms with Crippen molar-refractivity contribution in [1.29, 1.82) is 0 Å². The molecule has 98 valence electrons. The lowest BCUT2D eigenvalue weighted by atomic mass is 9.98. The summed E-state index contributed by atoms with van der Waals surface area (Å²) in [5.41, 5.74) is 0.703. The van der Waals surface area contributed by atoms with Crippen LogP contribution in [0.1, 0.15) is 36.0 Å². The highest BCUT2D eigenvalue weighted by Crippen LogP contribution is 2.21. The molecule has 0 radical (unpaired) electrons. The summed E-state index contributed by atoms with van der Waals surface area (Å²) in [6.45, 7) is 1.84. The molecular weight excluding hydrogens is 226 g/mol. The Bertz CT molecular complexity index is 380. The van der Waals surface area contributed by atoms with Gasteiger partial charge >= 0.3 is 0 Å². The first-order valence-electron chi connectivity index (χ1n) is 6.68. The molecule has 2 heterocycles. The number of carbonyl (C=O) groups excluding carboxylic acids is 1. The van der Waals surface area contributed by atoms with Crippen molar-refractivity contribution in [2.75, 3.05) is 20.1 Å². The zero-order valence-corrected chi connectivity index (χ0v) is 10.9. The molecule has 1 N–H and O–H groups in total. The molecule has 0 bridgehead atoms. The number of piperidine rings is 1. The number of nitrogens with zero attached hydrogens (tertiary/aromatic N) is 2. The smallest absolute Gasteiger partial charge is 0.255 e. The predicted octanol–water partition coefficient (Wildman–Crippen LogP) is 1.69. The van der Waals surface area contributed by atoms with Crippen LogP contribution in [0.3, 0.4) is 0 Å². The average molecular weight is 247 g/mol. The van der Waals surface area contributed by atoms with E-state index in [4.69, 9.17) is 0 Å². The molecule has 0 aliphatic carbocycles. The molecule has 0 spiro atoms. The number of carbonyl (C=O) groups is 1. The van der Waals surface area contributed by atoms with Crippen LogP contribution in [0.2, 0.25) is 0 Å². The van der Waals surface area contributed by atoms with E-state index in [1.165, 1.54) is 6.42 Å². The molecule has 1 aromatic heterocycles. The van der Waals surface area contributed by atoms with Gasteiger partial charge in [-0.15, -0.1) is 0 Å². The molecule has 1 fully saturated rings. The second-order valence-electron chi connectivity index (χ2n) is 4.78. The highest BCUT2D eigenvalue weighted by Gasteiger charge is 2.26. The largest absolute Gasteiger partial charge is 0.336 e. The fourth-order valence-corrected chi connectivity index (χ4v) is 2.53. The summed E-state index contributed by atoms with van der Waals surface area (Å²) in [6, 6.07) is 4.04. The van der Waals surface area contributed by atoms with Gasteiger partial charge in [0.25, 0.3) is 5.91 Å². The number of aromatic nitrogens is 1. The van der Waals surface area contributed by atoms with Crippen molar-refractivity contribution in [3.8, 4) is 0 Å². The molecule has 1 saturated heterocycles. The summed E-state index contributed by atoms with van der Waals surface area (Å²) in [5.74, 6) is 0.129. The van der Waals surface area contributed by atoms with E-state index in [-0.39, 0.29) is 5.91 Å². The highest BCUT2D eigenvalue weighted by atomic mass is 16.2. The van der Waals surface area contributed by atoms with Crippen LogP contribution >= 0.6 is 0 Å². The average Bonchev–Trinajstić information content (AvgIpc) is 2.45. The van der Waals surface area contributed by atoms with Crippen LogP contribution in [0.5, 0.6) is 0 Å². The molecule has 1 aromatic rings. The van der Waals surface area contributed by atoms with E-state index < -0.39 is 0 Å². The van der Waals surface area contributed by atoms with Gasteiger partial charge in [-0.25, -0.2) is 0 Å². The van der Waals surface area contributed by atoms with E-state index in [0.29, 0.717) is 11.6 Å². The summed E-state index contributed by atoms with van der Waals surface area (Å²) in [4.78, 5) is 18.5. The maximum absolute atomic E-state index is 12.4. The molecule has 4 heteroatoms. The number of pyridine rings is 1. The van der Waals surface area contributed by atoms with E-state index in [1.807, 2.05) is 24.1 Å². The Hall–Kier alpha value is -1.42. The Morgan fingerprint density at radius 1 is 1.56 bits per heavy atom. The maximum Gasteiger partial charge on any atom is 0.255 e. The standard InChI is InChI=1S/C14H21N3O/c1-15-9-7-13-6-2-3-10-17(13)14(18)12-5-4-8-16-11-12/h4-5,8,11,13,15H,2-3,6-7,9-10H2,1H3. The lowest BCUT2D eigenvalue weighted by Crippen LogP contribution is -2.44. The van der Waals surface area contributed by atoms with Crippen LogP contribution in [-0.4, -0.2) is 42.0 Å². The molecular formula is C14H21N3O. The third kappa shape index (κ3) is 3.07. The minimum absolute atomic E-state index is 0.129. The Morgan fingerprint density at radius 3 is 3.17 bits per heavy atom. The van der Waals surface area contributed by atoms with Crippen LogP contribution in [0, 0.1) is 0 Å². The zero-order valence-electron chi connectivity index (χ0n) is 10.9. The maximum atomic E-state index is 12.4. The van der Waals surface area contributed by atoms with Crippen LogP contribution in [0.15, 0.2) is 24.5 Å². The van der Waals surface area contributed by atoms with Crippen molar-refractivity contribution in [2.24, 2.45) is 0 Å². The Morgan fingerprint density at radius 2 is 2.44 bits per heavy atom. The molecule has 1 atom stereocenters. The molecule has 1 aliphatic rings. The molecule has 1 aliphatic heterocycles. The number of hydrogen-bond acceptors (Lipinski definition) is 3. The molecule has 0 aromatic carbocycles. The van der Waals surface area contributed by atoms with Gasteiger partial charge in [-0.2, -0.15) is 0 Å². The molecule has 0 saturated carbocycles. The van der Waals surface area contributed by atoms with Crippen LogP contribution in [0.4, 0.5) is 0 Å². The van der Waals surface area contributed by atoms with Gasteiger partial charge in [-0.3, -0.25) is 9.78 Å². The Kier molecular flexibility index (Phi) is 4.70. The first kappa shape index (κ1) is 13.0. The van der Waals surface area contributed by atoms with Crippen LogP contribution in [-0.2, 0) is 0 Å². The SMILES string of the molecule is CNCCC1CCCCN1C(=O)c1cccnc1. The molecule has 4 nitrogen and oxygen atoms in total. The fourth-order valence-electron chi connectivity index (χ4n) is 2.53. The van der Waals surface area contributed by atoms with E-state index in [1.54, 1.807) is 12.4 Å². The van der Waals surface area contributed by atoms with E-state index in [0.717, 1.165) is 32.4 Å². The predicted molar refractivity (Wildman–Crippen MR) is 71.5 cm³/mol. The second-order valence-corrected chi connectivity index (χ2v) is 4.78. The molecule has 1 unspecified atom stereocenters. The summed E-state index contributed by atoms with van der Waals surface area (Å²) < 4.78 is 0. The minimum Gasteiger partial charge on any atom is -0.336 e. The lowest BCUT2D eigenvalue weighted by Gasteiger charge is -2.36. The summed E-state index contributed by atoms with van der Waals surface area (Å²) in [5, 5.41) is 3.16. The van der Waals surface area contributed by atoms with Crippen molar-refractivity contribution in [2.45, 2.75) is 31.7 Å². The van der Waals surface area contributed by atoms with Gasteiger partial charge in [-0.05, 0) is 51.4 Å². The number of likely N-dealkylation sites (tertiary alicyclic amines) is 1. The number of hydrogen-bond donors (Lipinski definition) is 1. The van der Waals surface area contributed by atoms with Crippen molar-refractivity contribution in [3.63, 3.8) is 0 Å². The third-order valence-electron chi connectivity index (χ3n) is 3.52. The van der Waals surface area contributed by atoms with Crippen molar-refractivity contribution < 1.29 is 4.79 Å². The third-order valence-corrected chi connectivity index (χ3v) is 3.52. The van der Waals surface area contributed by atoms with Crippen molar-refractivity contribution >= 4 is 5.91 Å². The lowest BCUT2D eigenvalue weighted by molar-refractivity contribution is 0.0602. The van der Waals surface area contributed by atoms with E-state index >= 15 is 0 Å². The summed E-state index contributed by atoms with van der Waals surface area (Å²) in [7, 11) is 1.95. The zero-order chi connectivity index (χ0) is 12.8.